The van der Waals surface area contributed by atoms with E-state index >= 15 is 0 Å². The van der Waals surface area contributed by atoms with E-state index in [9.17, 15) is 160 Å². The average molecular weight is 1660 g/mol. The zero-order valence-corrected chi connectivity index (χ0v) is 63.0. The molecular weight excluding hydrogens is 1540 g/mol. The number of unbranched alkanes of at least 4 members (excludes halogenated alkanes) is 4. The highest BCUT2D eigenvalue weighted by atomic mass is 16.7. The van der Waals surface area contributed by atoms with Crippen LogP contribution in [0.15, 0.2) is 0 Å². The van der Waals surface area contributed by atoms with Gasteiger partial charge in [0.05, 0.1) is 104 Å². The number of nitrogens with zero attached hydrogens (tertiary/aromatic N) is 6. The second-order valence-corrected chi connectivity index (χ2v) is 27.5. The summed E-state index contributed by atoms with van der Waals surface area (Å²) < 4.78 is 34.8. The van der Waals surface area contributed by atoms with E-state index in [-0.39, 0.29) is 123 Å². The molecule has 2 heterocycles. The zero-order chi connectivity index (χ0) is 85.7. The molecule has 0 aliphatic carbocycles. The summed E-state index contributed by atoms with van der Waals surface area (Å²) >= 11 is 0. The predicted octanol–water partition coefficient (Wildman–Crippen LogP) is -11.0. The highest BCUT2D eigenvalue weighted by Crippen LogP contribution is 2.32. The molecule has 660 valence electrons. The van der Waals surface area contributed by atoms with Gasteiger partial charge >= 0.3 is 65.7 Å². The third-order valence-electron chi connectivity index (χ3n) is 18.0. The van der Waals surface area contributed by atoms with Crippen LogP contribution >= 0.6 is 0 Å². The SMILES string of the molecule is O=C(O)CCCCCNCC(O)COCC(O)C(OC1OC(COCC(O)CNCCCCC(C(=O)O)N(CCN(CC(=O)O)CC(=O)O)CCN(CC(=O)O)CC(=O)O)C(OC2OC(CO)C(O)C(O)C2O)C(O)C1O)C(O)C(O)CNCCCCC(C(=O)O)N(CCN(CC(=O)O)CC(=O)O)CCN(CC(=O)O)CC(=O)O. The Hall–Kier alpha value is -6.87. The molecule has 0 amide bonds. The number of carboxylic acid groups (broad SMARTS) is 11. The van der Waals surface area contributed by atoms with Gasteiger partial charge in [0, 0.05) is 78.4 Å². The smallest absolute Gasteiger partial charge is 0.320 e. The van der Waals surface area contributed by atoms with E-state index in [1.807, 2.05) is 0 Å². The lowest BCUT2D eigenvalue weighted by atomic mass is 9.96. The van der Waals surface area contributed by atoms with Crippen LogP contribution in [0.3, 0.4) is 0 Å². The molecule has 48 heteroatoms. The number of carboxylic acids is 11. The summed E-state index contributed by atoms with van der Waals surface area (Å²) in [6.07, 6.45) is -29.0. The van der Waals surface area contributed by atoms with Gasteiger partial charge in [-0.25, -0.2) is 0 Å². The molecule has 2 saturated heterocycles. The minimum absolute atomic E-state index is 0.0340. The summed E-state index contributed by atoms with van der Waals surface area (Å²) in [6, 6.07) is -2.74. The number of ether oxygens (including phenoxy) is 6. The molecule has 2 rings (SSSR count). The van der Waals surface area contributed by atoms with E-state index in [1.165, 1.54) is 9.80 Å². The van der Waals surface area contributed by atoms with Crippen LogP contribution in [0.25, 0.3) is 0 Å². The lowest BCUT2D eigenvalue weighted by Gasteiger charge is -2.47. The van der Waals surface area contributed by atoms with Crippen molar-refractivity contribution in [3.8, 4) is 0 Å². The Kier molecular flexibility index (Phi) is 51.1. The van der Waals surface area contributed by atoms with E-state index in [0.717, 1.165) is 19.6 Å². The Morgan fingerprint density at radius 3 is 1.12 bits per heavy atom. The van der Waals surface area contributed by atoms with E-state index in [0.29, 0.717) is 25.8 Å². The fourth-order valence-corrected chi connectivity index (χ4v) is 12.3. The number of rotatable bonds is 70. The van der Waals surface area contributed by atoms with Gasteiger partial charge in [-0.3, -0.25) is 82.1 Å². The number of aliphatic hydroxyl groups is 11. The third-order valence-corrected chi connectivity index (χ3v) is 18.0. The Balaban J connectivity index is 2.42. The molecule has 0 aromatic heterocycles. The van der Waals surface area contributed by atoms with E-state index in [2.05, 4.69) is 16.0 Å². The molecule has 2 aliphatic heterocycles. The van der Waals surface area contributed by atoms with Gasteiger partial charge in [-0.15, -0.1) is 0 Å². The first-order chi connectivity index (χ1) is 53.7. The fourth-order valence-electron chi connectivity index (χ4n) is 12.3. The molecule has 0 saturated carbocycles. The summed E-state index contributed by atoms with van der Waals surface area (Å²) in [5, 5.41) is 236. The Labute approximate surface area is 654 Å². The molecule has 2 fully saturated rings. The van der Waals surface area contributed by atoms with Gasteiger partial charge < -0.3 is 157 Å². The van der Waals surface area contributed by atoms with Crippen LogP contribution < -0.4 is 16.0 Å². The average Bonchev–Trinajstić information content (AvgIpc) is 0.781. The normalized spacial score (nSPS) is 22.1. The van der Waals surface area contributed by atoms with Crippen LogP contribution in [0.1, 0.15) is 64.2 Å². The zero-order valence-electron chi connectivity index (χ0n) is 63.0. The molecule has 2 aliphatic rings. The van der Waals surface area contributed by atoms with Crippen molar-refractivity contribution in [2.45, 2.75) is 174 Å². The highest BCUT2D eigenvalue weighted by molar-refractivity contribution is 5.76. The molecular formula is C66H117N9O39. The maximum Gasteiger partial charge on any atom is 0.320 e. The molecule has 114 heavy (non-hydrogen) atoms. The van der Waals surface area contributed by atoms with Gasteiger partial charge in [-0.1, -0.05) is 19.3 Å². The van der Waals surface area contributed by atoms with Crippen molar-refractivity contribution in [2.75, 3.05) is 177 Å². The first kappa shape index (κ1) is 103. The second-order valence-electron chi connectivity index (χ2n) is 27.5. The minimum atomic E-state index is -2.29. The van der Waals surface area contributed by atoms with Crippen molar-refractivity contribution in [3.63, 3.8) is 0 Å². The molecule has 0 bridgehead atoms. The Morgan fingerprint density at radius 2 is 0.746 bits per heavy atom. The molecule has 0 aromatic carbocycles. The standard InChI is InChI=1S/C66H117N9O39/c76-33-44-56(100)57(101)59(103)65(111-44)114-62-45(37-110-35-39(78)23-68-12-6-3-8-40(63(105)106)74(18-14-70(25-47(83)84)26-48(85)86)19-15-71(27-49(87)88)28-50(89)90)112-66(60(104)58(62)102)113-61(43(80)36-109-34-38(77)22-67-11-5-1-2-10-46(81)82)55(99)42(79)24-69-13-7-4-9-41(64(107)108)75(20-16-72(29-51(91)92)30-52(93)94)21-17-73(31-53(95)96)32-54(97)98/h38-45,55-62,65-69,76-80,99-104H,1-37H2,(H,81,82)(H,83,84)(H,85,86)(H,87,88)(H,89,90)(H,91,92)(H,93,94)(H,95,96)(H,97,98)(H,105,106)(H,107,108). The van der Waals surface area contributed by atoms with Crippen LogP contribution in [0, 0.1) is 0 Å². The third kappa shape index (κ3) is 42.8. The van der Waals surface area contributed by atoms with Gasteiger partial charge in [0.15, 0.2) is 12.6 Å². The van der Waals surface area contributed by atoms with E-state index in [1.54, 1.807) is 0 Å². The van der Waals surface area contributed by atoms with Crippen LogP contribution in [-0.4, -0.2) is 495 Å². The summed E-state index contributed by atoms with van der Waals surface area (Å²) in [4.78, 5) is 135. The second kappa shape index (κ2) is 56.5. The fraction of sp³-hybridized carbons (Fsp3) is 0.833. The Morgan fingerprint density at radius 1 is 0.377 bits per heavy atom. The number of carbonyl (C=O) groups is 11. The maximum atomic E-state index is 12.8. The van der Waals surface area contributed by atoms with Gasteiger partial charge in [-0.2, -0.15) is 0 Å². The van der Waals surface area contributed by atoms with Gasteiger partial charge in [0.1, 0.15) is 79.2 Å². The van der Waals surface area contributed by atoms with Crippen molar-refractivity contribution in [1.82, 2.24) is 45.3 Å². The topological polar surface area (TPSA) is 744 Å². The summed E-state index contributed by atoms with van der Waals surface area (Å²) in [6.45, 7) is -12.1. The molecule has 48 nitrogen and oxygen atoms in total. The van der Waals surface area contributed by atoms with Crippen LogP contribution in [0.5, 0.6) is 0 Å². The predicted molar refractivity (Wildman–Crippen MR) is 381 cm³/mol. The summed E-state index contributed by atoms with van der Waals surface area (Å²) in [5.41, 5.74) is 0. The summed E-state index contributed by atoms with van der Waals surface area (Å²) in [5.74, 6) is -14.9. The maximum absolute atomic E-state index is 12.8. The molecule has 18 atom stereocenters. The van der Waals surface area contributed by atoms with Crippen molar-refractivity contribution < 1.29 is 194 Å². The summed E-state index contributed by atoms with van der Waals surface area (Å²) in [7, 11) is 0. The van der Waals surface area contributed by atoms with Crippen LogP contribution in [-0.2, 0) is 81.2 Å². The number of hydrogen-bond acceptors (Lipinski definition) is 37. The number of aliphatic hydroxyl groups excluding tert-OH is 11. The lowest BCUT2D eigenvalue weighted by Crippen LogP contribution is -2.65. The van der Waals surface area contributed by atoms with Gasteiger partial charge in [-0.05, 0) is 58.2 Å². The first-order valence-corrected chi connectivity index (χ1v) is 36.8. The van der Waals surface area contributed by atoms with Gasteiger partial charge in [0.25, 0.3) is 0 Å². The molecule has 0 spiro atoms. The highest BCUT2D eigenvalue weighted by Gasteiger charge is 2.52. The van der Waals surface area contributed by atoms with E-state index in [4.69, 9.17) is 33.5 Å². The van der Waals surface area contributed by atoms with Crippen LogP contribution in [0.4, 0.5) is 0 Å². The molecule has 18 unspecified atom stereocenters. The lowest BCUT2D eigenvalue weighted by molar-refractivity contribution is -0.368. The van der Waals surface area contributed by atoms with Crippen molar-refractivity contribution in [1.29, 1.82) is 0 Å². The largest absolute Gasteiger partial charge is 0.481 e. The number of aliphatic carboxylic acids is 11. The Bertz CT molecular complexity index is 2720. The minimum Gasteiger partial charge on any atom is -0.481 e. The number of hydrogen-bond donors (Lipinski definition) is 25. The molecule has 0 radical (unpaired) electrons. The first-order valence-electron chi connectivity index (χ1n) is 36.8. The quantitative estimate of drug-likeness (QED) is 0.0251. The number of nitrogens with one attached hydrogen (secondary N) is 3. The van der Waals surface area contributed by atoms with Crippen molar-refractivity contribution >= 4 is 65.7 Å². The van der Waals surface area contributed by atoms with Gasteiger partial charge in [0.2, 0.25) is 0 Å². The molecule has 25 N–H and O–H groups in total. The monoisotopic (exact) mass is 1660 g/mol. The van der Waals surface area contributed by atoms with E-state index < -0.39 is 268 Å². The van der Waals surface area contributed by atoms with Crippen molar-refractivity contribution in [2.24, 2.45) is 0 Å². The van der Waals surface area contributed by atoms with Crippen LogP contribution in [0.2, 0.25) is 0 Å². The van der Waals surface area contributed by atoms with Crippen molar-refractivity contribution in [3.05, 3.63) is 0 Å². The molecule has 0 aromatic rings.